The fourth-order valence-corrected chi connectivity index (χ4v) is 3.55. The molecule has 0 aromatic rings. The van der Waals surface area contributed by atoms with Crippen molar-refractivity contribution in [2.24, 2.45) is 0 Å². The third-order valence-electron chi connectivity index (χ3n) is 5.31. The Labute approximate surface area is 162 Å². The number of carbonyl (C=O) groups is 1. The maximum atomic E-state index is 12.1. The second kappa shape index (κ2) is 12.8. The first-order valence-electron chi connectivity index (χ1n) is 10.4. The Bertz CT molecular complexity index is 415. The van der Waals surface area contributed by atoms with Gasteiger partial charge in [0.05, 0.1) is 13.0 Å². The van der Waals surface area contributed by atoms with Crippen molar-refractivity contribution >= 4 is 5.78 Å². The molecular formula is C20H38O7. The van der Waals surface area contributed by atoms with Crippen molar-refractivity contribution in [3.63, 3.8) is 0 Å². The van der Waals surface area contributed by atoms with Crippen molar-refractivity contribution < 1.29 is 35.1 Å². The predicted molar refractivity (Wildman–Crippen MR) is 101 cm³/mol. The Balaban J connectivity index is 2.22. The lowest BCUT2D eigenvalue weighted by Gasteiger charge is -2.45. The van der Waals surface area contributed by atoms with Crippen LogP contribution in [0.3, 0.4) is 0 Å². The smallest absolute Gasteiger partial charge is 0.202 e. The minimum Gasteiger partial charge on any atom is -0.394 e. The number of unbranched alkanes of at least 4 members (excludes halogenated alkanes) is 9. The first-order chi connectivity index (χ1) is 12.9. The van der Waals surface area contributed by atoms with Crippen molar-refractivity contribution in [3.8, 4) is 0 Å². The van der Waals surface area contributed by atoms with Gasteiger partial charge in [-0.2, -0.15) is 0 Å². The number of hydrogen-bond donors (Lipinski definition) is 5. The van der Waals surface area contributed by atoms with Gasteiger partial charge in [-0.25, -0.2) is 0 Å². The number of hydrogen-bond acceptors (Lipinski definition) is 7. The van der Waals surface area contributed by atoms with Crippen LogP contribution in [-0.2, 0) is 9.53 Å². The Morgan fingerprint density at radius 2 is 1.41 bits per heavy atom. The maximum Gasteiger partial charge on any atom is 0.202 e. The topological polar surface area (TPSA) is 127 Å². The molecule has 1 rings (SSSR count). The van der Waals surface area contributed by atoms with Gasteiger partial charge >= 0.3 is 0 Å². The predicted octanol–water partition coefficient (Wildman–Crippen LogP) is 1.42. The third-order valence-corrected chi connectivity index (χ3v) is 5.31. The van der Waals surface area contributed by atoms with E-state index < -0.39 is 43.2 Å². The first kappa shape index (κ1) is 24.5. The van der Waals surface area contributed by atoms with Gasteiger partial charge in [-0.3, -0.25) is 4.79 Å². The summed E-state index contributed by atoms with van der Waals surface area (Å²) in [4.78, 5) is 12.1. The molecule has 0 unspecified atom stereocenters. The fourth-order valence-electron chi connectivity index (χ4n) is 3.55. The Morgan fingerprint density at radius 1 is 0.889 bits per heavy atom. The zero-order valence-corrected chi connectivity index (χ0v) is 16.6. The number of aliphatic hydroxyl groups is 5. The molecule has 1 aliphatic rings. The summed E-state index contributed by atoms with van der Waals surface area (Å²) in [7, 11) is 0. The monoisotopic (exact) mass is 390 g/mol. The van der Waals surface area contributed by atoms with E-state index in [4.69, 9.17) is 9.84 Å². The van der Waals surface area contributed by atoms with E-state index in [1.54, 1.807) is 0 Å². The van der Waals surface area contributed by atoms with E-state index in [1.807, 2.05) is 0 Å². The maximum absolute atomic E-state index is 12.1. The molecular weight excluding hydrogens is 352 g/mol. The van der Waals surface area contributed by atoms with Gasteiger partial charge in [0.1, 0.15) is 30.2 Å². The van der Waals surface area contributed by atoms with Crippen LogP contribution in [0.1, 0.15) is 84.0 Å². The summed E-state index contributed by atoms with van der Waals surface area (Å²) in [6.45, 7) is 1.57. The van der Waals surface area contributed by atoms with Crippen LogP contribution in [0.15, 0.2) is 0 Å². The lowest BCUT2D eigenvalue weighted by Crippen LogP contribution is -2.65. The van der Waals surface area contributed by atoms with Gasteiger partial charge in [-0.15, -0.1) is 0 Å². The van der Waals surface area contributed by atoms with Gasteiger partial charge in [0.15, 0.2) is 0 Å². The lowest BCUT2D eigenvalue weighted by atomic mass is 9.89. The van der Waals surface area contributed by atoms with Crippen LogP contribution in [0.25, 0.3) is 0 Å². The van der Waals surface area contributed by atoms with Crippen molar-refractivity contribution in [2.75, 3.05) is 6.61 Å². The highest BCUT2D eigenvalue weighted by molar-refractivity contribution is 5.79. The molecule has 7 nitrogen and oxygen atoms in total. The highest BCUT2D eigenvalue weighted by Gasteiger charge is 2.53. The van der Waals surface area contributed by atoms with Gasteiger partial charge in [0, 0.05) is 6.42 Å². The second-order valence-electron chi connectivity index (χ2n) is 7.76. The number of Topliss-reactive ketones (excluding diaryl/α,β-unsaturated/α-hetero) is 1. The number of ether oxygens (including phenoxy) is 1. The van der Waals surface area contributed by atoms with Gasteiger partial charge in [0.2, 0.25) is 5.79 Å². The fraction of sp³-hybridized carbons (Fsp3) is 0.950. The van der Waals surface area contributed by atoms with Crippen molar-refractivity contribution in [2.45, 2.75) is 114 Å². The summed E-state index contributed by atoms with van der Waals surface area (Å²) in [5.74, 6) is -2.57. The highest BCUT2D eigenvalue weighted by atomic mass is 16.7. The zero-order chi connectivity index (χ0) is 20.3. The average molecular weight is 391 g/mol. The molecule has 1 fully saturated rings. The van der Waals surface area contributed by atoms with Gasteiger partial charge in [0.25, 0.3) is 0 Å². The summed E-state index contributed by atoms with van der Waals surface area (Å²) in [6.07, 6.45) is 5.03. The van der Waals surface area contributed by atoms with Crippen LogP contribution in [0, 0.1) is 0 Å². The number of aliphatic hydroxyl groups excluding tert-OH is 4. The zero-order valence-electron chi connectivity index (χ0n) is 16.6. The second-order valence-corrected chi connectivity index (χ2v) is 7.76. The Morgan fingerprint density at radius 3 is 1.93 bits per heavy atom. The van der Waals surface area contributed by atoms with Crippen LogP contribution in [0.2, 0.25) is 0 Å². The lowest BCUT2D eigenvalue weighted by molar-refractivity contribution is -0.347. The van der Waals surface area contributed by atoms with E-state index in [1.165, 1.54) is 38.5 Å². The first-order valence-corrected chi connectivity index (χ1v) is 10.4. The molecule has 0 aliphatic carbocycles. The molecule has 1 aliphatic heterocycles. The van der Waals surface area contributed by atoms with Crippen molar-refractivity contribution in [1.29, 1.82) is 0 Å². The van der Waals surface area contributed by atoms with Crippen LogP contribution in [0.5, 0.6) is 0 Å². The molecule has 160 valence electrons. The molecule has 27 heavy (non-hydrogen) atoms. The van der Waals surface area contributed by atoms with E-state index in [0.717, 1.165) is 19.3 Å². The molecule has 0 bridgehead atoms. The molecule has 0 aromatic carbocycles. The SMILES string of the molecule is CCCCCCCCCCCCC(=O)C[C@]1(O)O[C@H](CO)[C@@H](O)[C@H](O)[C@H]1O. The van der Waals surface area contributed by atoms with Crippen LogP contribution in [-0.4, -0.2) is 68.1 Å². The van der Waals surface area contributed by atoms with E-state index in [-0.39, 0.29) is 12.2 Å². The molecule has 1 heterocycles. The molecule has 0 amide bonds. The largest absolute Gasteiger partial charge is 0.394 e. The minimum atomic E-state index is -2.29. The Kier molecular flexibility index (Phi) is 11.6. The van der Waals surface area contributed by atoms with Crippen molar-refractivity contribution in [1.82, 2.24) is 0 Å². The molecule has 7 heteroatoms. The molecule has 5 N–H and O–H groups in total. The van der Waals surface area contributed by atoms with Gasteiger partial charge in [-0.1, -0.05) is 64.7 Å². The van der Waals surface area contributed by atoms with Gasteiger partial charge < -0.3 is 30.3 Å². The van der Waals surface area contributed by atoms with E-state index in [0.29, 0.717) is 6.42 Å². The quantitative estimate of drug-likeness (QED) is 0.284. The summed E-state index contributed by atoms with van der Waals surface area (Å²) < 4.78 is 5.11. The molecule has 0 saturated carbocycles. The average Bonchev–Trinajstić information content (AvgIpc) is 2.64. The van der Waals surface area contributed by atoms with Gasteiger partial charge in [-0.05, 0) is 6.42 Å². The number of carbonyl (C=O) groups excluding carboxylic acids is 1. The molecule has 5 atom stereocenters. The highest BCUT2D eigenvalue weighted by Crippen LogP contribution is 2.31. The molecule has 1 saturated heterocycles. The van der Waals surface area contributed by atoms with Crippen molar-refractivity contribution in [3.05, 3.63) is 0 Å². The van der Waals surface area contributed by atoms with Crippen LogP contribution < -0.4 is 0 Å². The van der Waals surface area contributed by atoms with Crippen LogP contribution in [0.4, 0.5) is 0 Å². The minimum absolute atomic E-state index is 0.261. The van der Waals surface area contributed by atoms with E-state index in [2.05, 4.69) is 6.92 Å². The molecule has 0 spiro atoms. The molecule has 0 aromatic heterocycles. The summed E-state index contributed by atoms with van der Waals surface area (Å²) in [6, 6.07) is 0. The summed E-state index contributed by atoms with van der Waals surface area (Å²) >= 11 is 0. The third kappa shape index (κ3) is 8.13. The standard InChI is InChI=1S/C20H38O7/c1-2-3-4-5-6-7-8-9-10-11-12-15(22)13-20(26)19(25)18(24)17(23)16(14-21)27-20/h16-19,21,23-26H,2-14H2,1H3/t16-,17-,18+,19-,20+/m1/s1. The summed E-state index contributed by atoms with van der Waals surface area (Å²) in [5, 5.41) is 49.0. The summed E-state index contributed by atoms with van der Waals surface area (Å²) in [5.41, 5.74) is 0. The molecule has 0 radical (unpaired) electrons. The normalized spacial score (nSPS) is 31.2. The van der Waals surface area contributed by atoms with E-state index in [9.17, 15) is 25.2 Å². The Hall–Kier alpha value is -0.570. The van der Waals surface area contributed by atoms with E-state index >= 15 is 0 Å². The number of rotatable bonds is 14. The van der Waals surface area contributed by atoms with Crippen LogP contribution >= 0.6 is 0 Å². The number of ketones is 1.